The third-order valence-corrected chi connectivity index (χ3v) is 3.26. The summed E-state index contributed by atoms with van der Waals surface area (Å²) in [4.78, 5) is 11.9. The van der Waals surface area contributed by atoms with Crippen LogP contribution in [0.25, 0.3) is 0 Å². The van der Waals surface area contributed by atoms with Crippen LogP contribution in [0, 0.1) is 13.8 Å². The van der Waals surface area contributed by atoms with Crippen LogP contribution in [0.3, 0.4) is 0 Å². The summed E-state index contributed by atoms with van der Waals surface area (Å²) in [5.74, 6) is 0.420. The minimum atomic E-state index is -0.225. The molecule has 0 saturated carbocycles. The average molecular weight is 305 g/mol. The second-order valence-corrected chi connectivity index (χ2v) is 5.26. The Morgan fingerprint density at radius 3 is 2.62 bits per heavy atom. The van der Waals surface area contributed by atoms with Gasteiger partial charge in [0.05, 0.1) is 0 Å². The Bertz CT molecular complexity index is 671. The van der Waals surface area contributed by atoms with Crippen molar-refractivity contribution in [2.75, 3.05) is 17.7 Å². The number of aryl methyl sites for hydroxylation is 2. The summed E-state index contributed by atoms with van der Waals surface area (Å²) < 4.78 is 5.50. The second-order valence-electron chi connectivity index (χ2n) is 4.82. The monoisotopic (exact) mass is 304 g/mol. The van der Waals surface area contributed by atoms with Crippen molar-refractivity contribution in [3.63, 3.8) is 0 Å². The molecule has 0 heterocycles. The van der Waals surface area contributed by atoms with Gasteiger partial charge in [0.1, 0.15) is 5.75 Å². The lowest BCUT2D eigenvalue weighted by atomic mass is 10.2. The number of carbonyl (C=O) groups is 1. The lowest BCUT2D eigenvalue weighted by Crippen LogP contribution is -2.20. The van der Waals surface area contributed by atoms with E-state index in [-0.39, 0.29) is 12.5 Å². The van der Waals surface area contributed by atoms with Crippen molar-refractivity contribution in [2.45, 2.75) is 13.8 Å². The number of nitrogens with two attached hydrogens (primary N) is 1. The molecule has 1 amide bonds. The van der Waals surface area contributed by atoms with Gasteiger partial charge in [-0.1, -0.05) is 11.6 Å². The molecule has 0 bridgehead atoms. The molecule has 110 valence electrons. The fraction of sp³-hybridized carbons (Fsp3) is 0.188. The number of carbonyl (C=O) groups excluding carboxylic acids is 1. The van der Waals surface area contributed by atoms with Gasteiger partial charge in [0.25, 0.3) is 5.91 Å². The summed E-state index contributed by atoms with van der Waals surface area (Å²) >= 11 is 5.88. The summed E-state index contributed by atoms with van der Waals surface area (Å²) in [6, 6.07) is 10.6. The highest BCUT2D eigenvalue weighted by Crippen LogP contribution is 2.21. The SMILES string of the molecule is Cc1cc(Cl)ccc1NC(=O)COc1ccc(N)cc1C. The van der Waals surface area contributed by atoms with Gasteiger partial charge in [-0.15, -0.1) is 0 Å². The minimum Gasteiger partial charge on any atom is -0.483 e. The average Bonchev–Trinajstić information content (AvgIpc) is 2.41. The minimum absolute atomic E-state index is 0.0627. The van der Waals surface area contributed by atoms with Crippen molar-refractivity contribution in [1.82, 2.24) is 0 Å². The molecule has 0 aliphatic rings. The number of amides is 1. The van der Waals surface area contributed by atoms with Crippen molar-refractivity contribution in [3.8, 4) is 5.75 Å². The lowest BCUT2D eigenvalue weighted by Gasteiger charge is -2.11. The number of rotatable bonds is 4. The van der Waals surface area contributed by atoms with Crippen LogP contribution < -0.4 is 15.8 Å². The van der Waals surface area contributed by atoms with Crippen LogP contribution in [0.1, 0.15) is 11.1 Å². The molecule has 0 unspecified atom stereocenters. The molecule has 0 saturated heterocycles. The van der Waals surface area contributed by atoms with Crippen LogP contribution in [0.2, 0.25) is 5.02 Å². The van der Waals surface area contributed by atoms with Crippen molar-refractivity contribution >= 4 is 28.9 Å². The second kappa shape index (κ2) is 6.50. The normalized spacial score (nSPS) is 10.2. The number of nitrogen functional groups attached to an aromatic ring is 1. The van der Waals surface area contributed by atoms with Gasteiger partial charge in [0, 0.05) is 16.4 Å². The summed E-state index contributed by atoms with van der Waals surface area (Å²) in [6.07, 6.45) is 0. The maximum atomic E-state index is 11.9. The van der Waals surface area contributed by atoms with Crippen LogP contribution in [0.5, 0.6) is 5.75 Å². The first-order valence-electron chi connectivity index (χ1n) is 6.50. The van der Waals surface area contributed by atoms with Gasteiger partial charge in [-0.3, -0.25) is 4.79 Å². The highest BCUT2D eigenvalue weighted by atomic mass is 35.5. The van der Waals surface area contributed by atoms with Crippen LogP contribution in [-0.2, 0) is 4.79 Å². The van der Waals surface area contributed by atoms with Gasteiger partial charge in [0.2, 0.25) is 0 Å². The van der Waals surface area contributed by atoms with Crippen LogP contribution >= 0.6 is 11.6 Å². The standard InChI is InChI=1S/C16H17ClN2O2/c1-10-7-12(17)3-5-14(10)19-16(20)9-21-15-6-4-13(18)8-11(15)2/h3-8H,9,18H2,1-2H3,(H,19,20). The topological polar surface area (TPSA) is 64.3 Å². The van der Waals surface area contributed by atoms with Gasteiger partial charge < -0.3 is 15.8 Å². The molecule has 0 fully saturated rings. The first kappa shape index (κ1) is 15.2. The Morgan fingerprint density at radius 2 is 1.95 bits per heavy atom. The summed E-state index contributed by atoms with van der Waals surface area (Å²) in [7, 11) is 0. The van der Waals surface area contributed by atoms with E-state index in [4.69, 9.17) is 22.1 Å². The maximum absolute atomic E-state index is 11.9. The summed E-state index contributed by atoms with van der Waals surface area (Å²) in [6.45, 7) is 3.70. The van der Waals surface area contributed by atoms with Gasteiger partial charge in [-0.05, 0) is 61.4 Å². The van der Waals surface area contributed by atoms with Crippen molar-refractivity contribution in [3.05, 3.63) is 52.5 Å². The molecule has 4 nitrogen and oxygen atoms in total. The zero-order valence-corrected chi connectivity index (χ0v) is 12.7. The van der Waals surface area contributed by atoms with E-state index in [9.17, 15) is 4.79 Å². The smallest absolute Gasteiger partial charge is 0.262 e. The zero-order chi connectivity index (χ0) is 15.4. The van der Waals surface area contributed by atoms with E-state index in [0.29, 0.717) is 16.5 Å². The molecule has 3 N–H and O–H groups in total. The Hall–Kier alpha value is -2.20. The number of ether oxygens (including phenoxy) is 1. The number of anilines is 2. The van der Waals surface area contributed by atoms with Gasteiger partial charge in [-0.2, -0.15) is 0 Å². The molecule has 2 aromatic carbocycles. The first-order valence-corrected chi connectivity index (χ1v) is 6.88. The largest absolute Gasteiger partial charge is 0.483 e. The molecular formula is C16H17ClN2O2. The molecule has 0 radical (unpaired) electrons. The third-order valence-electron chi connectivity index (χ3n) is 3.02. The van der Waals surface area contributed by atoms with Crippen molar-refractivity contribution < 1.29 is 9.53 Å². The fourth-order valence-corrected chi connectivity index (χ4v) is 2.16. The Kier molecular flexibility index (Phi) is 4.70. The van der Waals surface area contributed by atoms with E-state index in [1.54, 1.807) is 36.4 Å². The Labute approximate surface area is 128 Å². The summed E-state index contributed by atoms with van der Waals surface area (Å²) in [5, 5.41) is 3.43. The Balaban J connectivity index is 1.96. The fourth-order valence-electron chi connectivity index (χ4n) is 1.93. The molecule has 0 aliphatic carbocycles. The number of hydrogen-bond acceptors (Lipinski definition) is 3. The molecule has 0 aromatic heterocycles. The molecule has 5 heteroatoms. The predicted octanol–water partition coefficient (Wildman–Crippen LogP) is 3.56. The van der Waals surface area contributed by atoms with Crippen LogP contribution in [-0.4, -0.2) is 12.5 Å². The summed E-state index contributed by atoms with van der Waals surface area (Å²) in [5.41, 5.74) is 8.86. The van der Waals surface area contributed by atoms with E-state index in [1.165, 1.54) is 0 Å². The molecule has 21 heavy (non-hydrogen) atoms. The highest BCUT2D eigenvalue weighted by molar-refractivity contribution is 6.30. The Morgan fingerprint density at radius 1 is 1.19 bits per heavy atom. The van der Waals surface area contributed by atoms with Crippen LogP contribution in [0.4, 0.5) is 11.4 Å². The number of hydrogen-bond donors (Lipinski definition) is 2. The van der Waals surface area contributed by atoms with Crippen LogP contribution in [0.15, 0.2) is 36.4 Å². The van der Waals surface area contributed by atoms with E-state index in [2.05, 4.69) is 5.32 Å². The molecular weight excluding hydrogens is 288 g/mol. The van der Waals surface area contributed by atoms with Gasteiger partial charge >= 0.3 is 0 Å². The van der Waals surface area contributed by atoms with Gasteiger partial charge in [-0.25, -0.2) is 0 Å². The molecule has 0 aliphatic heterocycles. The van der Waals surface area contributed by atoms with Gasteiger partial charge in [0.15, 0.2) is 6.61 Å². The zero-order valence-electron chi connectivity index (χ0n) is 11.9. The maximum Gasteiger partial charge on any atom is 0.262 e. The molecule has 0 atom stereocenters. The lowest BCUT2D eigenvalue weighted by molar-refractivity contribution is -0.118. The number of nitrogens with one attached hydrogen (secondary N) is 1. The quantitative estimate of drug-likeness (QED) is 0.849. The molecule has 2 rings (SSSR count). The highest BCUT2D eigenvalue weighted by Gasteiger charge is 2.07. The van der Waals surface area contributed by atoms with Crippen molar-refractivity contribution in [2.24, 2.45) is 0 Å². The number of benzene rings is 2. The first-order chi connectivity index (χ1) is 9.95. The van der Waals surface area contributed by atoms with E-state index < -0.39 is 0 Å². The van der Waals surface area contributed by atoms with E-state index in [0.717, 1.165) is 16.8 Å². The molecule has 2 aromatic rings. The third kappa shape index (κ3) is 4.13. The van der Waals surface area contributed by atoms with Crippen molar-refractivity contribution in [1.29, 1.82) is 0 Å². The number of halogens is 1. The van der Waals surface area contributed by atoms with E-state index >= 15 is 0 Å². The van der Waals surface area contributed by atoms with E-state index in [1.807, 2.05) is 13.8 Å². The predicted molar refractivity (Wildman–Crippen MR) is 85.9 cm³/mol. The molecule has 0 spiro atoms.